The predicted molar refractivity (Wildman–Crippen MR) is 125 cm³/mol. The Balaban J connectivity index is 0.000000505. The Morgan fingerprint density at radius 3 is 2.34 bits per heavy atom. The predicted octanol–water partition coefficient (Wildman–Crippen LogP) is 4.04. The largest absolute Gasteiger partial charge is 0.490 e. The van der Waals surface area contributed by atoms with E-state index in [2.05, 4.69) is 9.71 Å². The van der Waals surface area contributed by atoms with E-state index < -0.39 is 51.0 Å². The van der Waals surface area contributed by atoms with Crippen molar-refractivity contribution in [1.29, 1.82) is 0 Å². The van der Waals surface area contributed by atoms with Gasteiger partial charge in [0.05, 0.1) is 17.5 Å². The quantitative estimate of drug-likeness (QED) is 0.433. The number of ether oxygens (including phenoxy) is 1. The topological polar surface area (TPSA) is 131 Å². The lowest BCUT2D eigenvalue weighted by atomic mass is 10.2. The molecule has 1 aliphatic rings. The Morgan fingerprint density at radius 2 is 1.76 bits per heavy atom. The minimum Gasteiger partial charge on any atom is -0.475 e. The van der Waals surface area contributed by atoms with E-state index in [-0.39, 0.29) is 21.6 Å². The number of anilines is 1. The minimum absolute atomic E-state index is 0.103. The Labute approximate surface area is 216 Å². The maximum absolute atomic E-state index is 15.0. The third-order valence-corrected chi connectivity index (χ3v) is 7.03. The van der Waals surface area contributed by atoms with Crippen molar-refractivity contribution in [2.75, 3.05) is 17.8 Å². The molecule has 0 aliphatic carbocycles. The summed E-state index contributed by atoms with van der Waals surface area (Å²) < 4.78 is 96.1. The van der Waals surface area contributed by atoms with Gasteiger partial charge >= 0.3 is 22.4 Å². The van der Waals surface area contributed by atoms with Gasteiger partial charge in [-0.1, -0.05) is 11.6 Å². The lowest BCUT2D eigenvalue weighted by molar-refractivity contribution is -0.192. The van der Waals surface area contributed by atoms with E-state index in [0.717, 1.165) is 29.5 Å². The zero-order chi connectivity index (χ0) is 28.4. The normalized spacial score (nSPS) is 14.2. The van der Waals surface area contributed by atoms with Crippen molar-refractivity contribution in [3.63, 3.8) is 0 Å². The van der Waals surface area contributed by atoms with E-state index in [4.69, 9.17) is 26.2 Å². The molecule has 10 nitrogen and oxygen atoms in total. The summed E-state index contributed by atoms with van der Waals surface area (Å²) in [6.45, 7) is 0.728. The molecule has 0 radical (unpaired) electrons. The first-order chi connectivity index (χ1) is 17.6. The van der Waals surface area contributed by atoms with Gasteiger partial charge in [0, 0.05) is 20.1 Å². The van der Waals surface area contributed by atoms with Crippen molar-refractivity contribution in [2.45, 2.75) is 19.0 Å². The van der Waals surface area contributed by atoms with E-state index in [1.165, 1.54) is 29.8 Å². The number of rotatable bonds is 5. The molecule has 0 spiro atoms. The molecule has 0 amide bonds. The second-order valence-corrected chi connectivity index (χ2v) is 9.84. The molecule has 206 valence electrons. The van der Waals surface area contributed by atoms with Crippen LogP contribution in [0.1, 0.15) is 12.8 Å². The number of nitrogens with zero attached hydrogens (tertiary/aromatic N) is 3. The molecule has 17 heteroatoms. The number of hydrogen-bond donors (Lipinski definition) is 2. The van der Waals surface area contributed by atoms with Gasteiger partial charge in [-0.2, -0.15) is 25.9 Å². The number of nitrogens with one attached hydrogen (secondary N) is 1. The second-order valence-electron chi connectivity index (χ2n) is 7.79. The minimum atomic E-state index is -5.08. The molecule has 0 unspecified atom stereocenters. The average Bonchev–Trinajstić information content (AvgIpc) is 3.38. The summed E-state index contributed by atoms with van der Waals surface area (Å²) in [6, 6.07) is 4.62. The van der Waals surface area contributed by atoms with Crippen LogP contribution in [0.5, 0.6) is 11.5 Å². The van der Waals surface area contributed by atoms with Gasteiger partial charge in [-0.3, -0.25) is 9.52 Å². The van der Waals surface area contributed by atoms with Gasteiger partial charge in [0.2, 0.25) is 0 Å². The van der Waals surface area contributed by atoms with Crippen LogP contribution in [-0.2, 0) is 22.1 Å². The molecule has 38 heavy (non-hydrogen) atoms. The third-order valence-electron chi connectivity index (χ3n) is 5.14. The molecule has 2 heterocycles. The van der Waals surface area contributed by atoms with Crippen LogP contribution in [0.25, 0.3) is 10.9 Å². The summed E-state index contributed by atoms with van der Waals surface area (Å²) in [4.78, 5) is 25.1. The van der Waals surface area contributed by atoms with Gasteiger partial charge in [0.15, 0.2) is 23.1 Å². The standard InChI is InChI=1S/C19H17ClF2N4O4S.C2HF3O2/c1-25-10-23-12-6-7-14(17(22)15(12)19(25)27)30-18-11(21)4-5-13(16(18)20)24-31(28,29)26-8-2-3-9-26;3-2(4,5)1(6)7/h4-7,10,24H,2-3,8-9H2,1H3;(H,6,7). The fraction of sp³-hybridized carbons (Fsp3) is 0.286. The number of carboxylic acid groups (broad SMARTS) is 1. The van der Waals surface area contributed by atoms with Crippen molar-refractivity contribution >= 4 is 44.4 Å². The molecule has 2 aromatic carbocycles. The number of alkyl halides is 3. The average molecular weight is 585 g/mol. The molecular formula is C21H18ClF5N4O6S. The van der Waals surface area contributed by atoms with Gasteiger partial charge in [-0.25, -0.2) is 18.6 Å². The molecule has 0 atom stereocenters. The highest BCUT2D eigenvalue weighted by Gasteiger charge is 2.38. The Hall–Kier alpha value is -3.50. The molecular weight excluding hydrogens is 567 g/mol. The molecule has 1 fully saturated rings. The number of hydrogen-bond acceptors (Lipinski definition) is 6. The van der Waals surface area contributed by atoms with Crippen molar-refractivity contribution in [3.05, 3.63) is 57.6 Å². The van der Waals surface area contributed by atoms with Crippen molar-refractivity contribution in [3.8, 4) is 11.5 Å². The lowest BCUT2D eigenvalue weighted by Gasteiger charge is -2.19. The zero-order valence-corrected chi connectivity index (χ0v) is 20.8. The highest BCUT2D eigenvalue weighted by molar-refractivity contribution is 7.90. The number of benzene rings is 2. The van der Waals surface area contributed by atoms with Crippen LogP contribution in [0.4, 0.5) is 27.6 Å². The van der Waals surface area contributed by atoms with E-state index in [1.807, 2.05) is 0 Å². The molecule has 3 aromatic rings. The summed E-state index contributed by atoms with van der Waals surface area (Å²) in [5, 5.41) is 6.41. The maximum Gasteiger partial charge on any atom is 0.490 e. The number of carbonyl (C=O) groups is 1. The molecule has 0 saturated carbocycles. The molecule has 1 aromatic heterocycles. The lowest BCUT2D eigenvalue weighted by Crippen LogP contribution is -2.33. The van der Waals surface area contributed by atoms with Gasteiger partial charge in [-0.15, -0.1) is 0 Å². The summed E-state index contributed by atoms with van der Waals surface area (Å²) in [7, 11) is -2.48. The number of carboxylic acids is 1. The highest BCUT2D eigenvalue weighted by atomic mass is 35.5. The van der Waals surface area contributed by atoms with Crippen LogP contribution in [0.2, 0.25) is 5.02 Å². The van der Waals surface area contributed by atoms with E-state index in [1.54, 1.807) is 0 Å². The van der Waals surface area contributed by atoms with E-state index in [9.17, 15) is 35.2 Å². The van der Waals surface area contributed by atoms with E-state index in [0.29, 0.717) is 13.1 Å². The SMILES string of the molecule is Cn1cnc2ccc(Oc3c(F)ccc(NS(=O)(=O)N4CCCC4)c3Cl)c(F)c2c1=O.O=C(O)C(F)(F)F. The van der Waals surface area contributed by atoms with Crippen LogP contribution in [0, 0.1) is 11.6 Å². The first kappa shape index (κ1) is 29.1. The van der Waals surface area contributed by atoms with Crippen molar-refractivity contribution in [1.82, 2.24) is 13.9 Å². The molecule has 4 rings (SSSR count). The first-order valence-electron chi connectivity index (χ1n) is 10.5. The Bertz CT molecular complexity index is 1540. The monoisotopic (exact) mass is 584 g/mol. The Morgan fingerprint density at radius 1 is 1.16 bits per heavy atom. The summed E-state index contributed by atoms with van der Waals surface area (Å²) in [5.74, 6) is -5.77. The number of aliphatic carboxylic acids is 1. The maximum atomic E-state index is 15.0. The smallest absolute Gasteiger partial charge is 0.475 e. The fourth-order valence-corrected chi connectivity index (χ4v) is 4.87. The van der Waals surface area contributed by atoms with Crippen molar-refractivity contribution < 1.29 is 45.0 Å². The van der Waals surface area contributed by atoms with Gasteiger partial charge in [0.25, 0.3) is 5.56 Å². The highest BCUT2D eigenvalue weighted by Crippen LogP contribution is 2.39. The number of aryl methyl sites for hydroxylation is 1. The molecule has 1 aliphatic heterocycles. The van der Waals surface area contributed by atoms with Crippen LogP contribution in [-0.4, -0.2) is 52.6 Å². The second kappa shape index (κ2) is 11.1. The van der Waals surface area contributed by atoms with Gasteiger partial charge in [0.1, 0.15) is 10.4 Å². The number of aromatic nitrogens is 2. The van der Waals surface area contributed by atoms with Crippen LogP contribution in [0.3, 0.4) is 0 Å². The Kier molecular flexibility index (Phi) is 8.48. The first-order valence-corrected chi connectivity index (χ1v) is 12.3. The van der Waals surface area contributed by atoms with Crippen LogP contribution < -0.4 is 15.0 Å². The molecule has 1 saturated heterocycles. The third kappa shape index (κ3) is 6.31. The zero-order valence-electron chi connectivity index (χ0n) is 19.2. The van der Waals surface area contributed by atoms with Crippen LogP contribution in [0.15, 0.2) is 35.4 Å². The number of fused-ring (bicyclic) bond motifs is 1. The van der Waals surface area contributed by atoms with Gasteiger partial charge < -0.3 is 14.4 Å². The summed E-state index contributed by atoms with van der Waals surface area (Å²) in [5.41, 5.74) is -0.665. The number of halogens is 6. The van der Waals surface area contributed by atoms with Gasteiger partial charge in [-0.05, 0) is 37.1 Å². The van der Waals surface area contributed by atoms with E-state index >= 15 is 0 Å². The fourth-order valence-electron chi connectivity index (χ4n) is 3.26. The molecule has 2 N–H and O–H groups in total. The van der Waals surface area contributed by atoms with Crippen LogP contribution >= 0.6 is 11.6 Å². The van der Waals surface area contributed by atoms with Crippen molar-refractivity contribution in [2.24, 2.45) is 7.05 Å². The molecule has 0 bridgehead atoms. The summed E-state index contributed by atoms with van der Waals surface area (Å²) >= 11 is 6.19. The summed E-state index contributed by atoms with van der Waals surface area (Å²) in [6.07, 6.45) is -2.36.